The van der Waals surface area contributed by atoms with Gasteiger partial charge >= 0.3 is 5.97 Å². The molecule has 1 heterocycles. The standard InChI is InChI=1S/C14H23N3O2S/c1-5-19-13(18)14(3,15-11-6-7-11)9-20-12-8-10(2)16-17(12)4/h8,11,15H,5-7,9H2,1-4H3. The summed E-state index contributed by atoms with van der Waals surface area (Å²) in [6.07, 6.45) is 2.29. The second kappa shape index (κ2) is 6.18. The van der Waals surface area contributed by atoms with Crippen molar-refractivity contribution >= 4 is 17.7 Å². The molecule has 1 unspecified atom stereocenters. The summed E-state index contributed by atoms with van der Waals surface area (Å²) >= 11 is 1.64. The molecular weight excluding hydrogens is 274 g/mol. The predicted molar refractivity (Wildman–Crippen MR) is 79.9 cm³/mol. The van der Waals surface area contributed by atoms with Gasteiger partial charge in [0.25, 0.3) is 0 Å². The van der Waals surface area contributed by atoms with E-state index in [1.54, 1.807) is 11.8 Å². The van der Waals surface area contributed by atoms with Crippen molar-refractivity contribution < 1.29 is 9.53 Å². The lowest BCUT2D eigenvalue weighted by Gasteiger charge is -2.28. The third-order valence-corrected chi connectivity index (χ3v) is 4.69. The monoisotopic (exact) mass is 297 g/mol. The molecule has 0 bridgehead atoms. The van der Waals surface area contributed by atoms with E-state index < -0.39 is 5.54 Å². The molecule has 1 aromatic heterocycles. The second-order valence-corrected chi connectivity index (χ2v) is 6.50. The summed E-state index contributed by atoms with van der Waals surface area (Å²) < 4.78 is 7.07. The first-order valence-corrected chi connectivity index (χ1v) is 8.01. The van der Waals surface area contributed by atoms with Crippen molar-refractivity contribution in [1.29, 1.82) is 0 Å². The van der Waals surface area contributed by atoms with Crippen molar-refractivity contribution in [2.75, 3.05) is 12.4 Å². The van der Waals surface area contributed by atoms with Gasteiger partial charge in [-0.05, 0) is 39.7 Å². The summed E-state index contributed by atoms with van der Waals surface area (Å²) in [5.41, 5.74) is 0.350. The third kappa shape index (κ3) is 3.76. The van der Waals surface area contributed by atoms with Gasteiger partial charge in [0.05, 0.1) is 17.3 Å². The number of carbonyl (C=O) groups is 1. The summed E-state index contributed by atoms with van der Waals surface area (Å²) in [6, 6.07) is 2.49. The zero-order chi connectivity index (χ0) is 14.8. The zero-order valence-corrected chi connectivity index (χ0v) is 13.4. The van der Waals surface area contributed by atoms with Crippen molar-refractivity contribution in [1.82, 2.24) is 15.1 Å². The van der Waals surface area contributed by atoms with E-state index in [0.717, 1.165) is 23.6 Å². The summed E-state index contributed by atoms with van der Waals surface area (Å²) in [4.78, 5) is 12.2. The lowest BCUT2D eigenvalue weighted by atomic mass is 10.1. The molecule has 0 spiro atoms. The van der Waals surface area contributed by atoms with Gasteiger partial charge in [0, 0.05) is 18.8 Å². The van der Waals surface area contributed by atoms with Gasteiger partial charge in [-0.2, -0.15) is 5.10 Å². The van der Waals surface area contributed by atoms with Gasteiger partial charge in [-0.3, -0.25) is 14.8 Å². The van der Waals surface area contributed by atoms with Crippen LogP contribution in [0.1, 0.15) is 32.4 Å². The summed E-state index contributed by atoms with van der Waals surface area (Å²) in [5.74, 6) is 0.472. The fraction of sp³-hybridized carbons (Fsp3) is 0.714. The molecule has 1 fully saturated rings. The van der Waals surface area contributed by atoms with Crippen LogP contribution in [-0.4, -0.2) is 39.7 Å². The largest absolute Gasteiger partial charge is 0.465 e. The normalized spacial score (nSPS) is 17.8. The number of carbonyl (C=O) groups excluding carboxylic acids is 1. The number of hydrogen-bond donors (Lipinski definition) is 1. The smallest absolute Gasteiger partial charge is 0.326 e. The van der Waals surface area contributed by atoms with Gasteiger partial charge in [-0.25, -0.2) is 0 Å². The topological polar surface area (TPSA) is 56.1 Å². The molecule has 1 saturated carbocycles. The number of aryl methyl sites for hydroxylation is 2. The van der Waals surface area contributed by atoms with Gasteiger partial charge in [0.1, 0.15) is 5.54 Å². The molecule has 1 aromatic rings. The summed E-state index contributed by atoms with van der Waals surface area (Å²) in [5, 5.41) is 8.81. The van der Waals surface area contributed by atoms with E-state index in [0.29, 0.717) is 18.4 Å². The van der Waals surface area contributed by atoms with Gasteiger partial charge in [-0.15, -0.1) is 11.8 Å². The highest BCUT2D eigenvalue weighted by Gasteiger charge is 2.39. The lowest BCUT2D eigenvalue weighted by Crippen LogP contribution is -2.53. The van der Waals surface area contributed by atoms with E-state index in [9.17, 15) is 4.79 Å². The molecule has 2 rings (SSSR count). The first kappa shape index (κ1) is 15.4. The predicted octanol–water partition coefficient (Wildman–Crippen LogP) is 1.89. The van der Waals surface area contributed by atoms with Crippen LogP contribution >= 0.6 is 11.8 Å². The number of ether oxygens (including phenoxy) is 1. The first-order chi connectivity index (χ1) is 9.44. The van der Waals surface area contributed by atoms with Crippen molar-refractivity contribution in [3.8, 4) is 0 Å². The fourth-order valence-electron chi connectivity index (χ4n) is 2.07. The summed E-state index contributed by atoms with van der Waals surface area (Å²) in [7, 11) is 1.92. The van der Waals surface area contributed by atoms with Crippen LogP contribution in [0.2, 0.25) is 0 Å². The number of esters is 1. The molecule has 1 N–H and O–H groups in total. The molecule has 112 valence electrons. The Hall–Kier alpha value is -1.01. The van der Waals surface area contributed by atoms with E-state index in [4.69, 9.17) is 4.74 Å². The van der Waals surface area contributed by atoms with Crippen LogP contribution < -0.4 is 5.32 Å². The molecule has 0 saturated heterocycles. The number of nitrogens with one attached hydrogen (secondary N) is 1. The maximum absolute atomic E-state index is 12.2. The number of hydrogen-bond acceptors (Lipinski definition) is 5. The molecule has 0 aromatic carbocycles. The maximum Gasteiger partial charge on any atom is 0.326 e. The van der Waals surface area contributed by atoms with Crippen LogP contribution in [0.25, 0.3) is 0 Å². The third-order valence-electron chi connectivity index (χ3n) is 3.29. The Bertz CT molecular complexity index is 485. The molecule has 6 heteroatoms. The van der Waals surface area contributed by atoms with Gasteiger partial charge in [0.15, 0.2) is 0 Å². The Morgan fingerprint density at radius 3 is 2.85 bits per heavy atom. The highest BCUT2D eigenvalue weighted by molar-refractivity contribution is 7.99. The Kier molecular flexibility index (Phi) is 4.75. The van der Waals surface area contributed by atoms with E-state index in [1.807, 2.05) is 38.6 Å². The van der Waals surface area contributed by atoms with Crippen molar-refractivity contribution in [2.24, 2.45) is 7.05 Å². The molecular formula is C14H23N3O2S. The molecule has 1 aliphatic rings. The average Bonchev–Trinajstić information content (AvgIpc) is 3.12. The van der Waals surface area contributed by atoms with Crippen LogP contribution in [0.15, 0.2) is 11.1 Å². The Balaban J connectivity index is 2.03. The fourth-order valence-corrected chi connectivity index (χ4v) is 3.19. The summed E-state index contributed by atoms with van der Waals surface area (Å²) in [6.45, 7) is 6.15. The molecule has 1 atom stereocenters. The first-order valence-electron chi connectivity index (χ1n) is 7.03. The lowest BCUT2D eigenvalue weighted by molar-refractivity contribution is -0.149. The maximum atomic E-state index is 12.2. The van der Waals surface area contributed by atoms with E-state index in [1.165, 1.54) is 0 Å². The van der Waals surface area contributed by atoms with Crippen LogP contribution in [0.5, 0.6) is 0 Å². The SMILES string of the molecule is CCOC(=O)C(C)(CSc1cc(C)nn1C)NC1CC1. The average molecular weight is 297 g/mol. The molecule has 0 amide bonds. The molecule has 5 nitrogen and oxygen atoms in total. The highest BCUT2D eigenvalue weighted by atomic mass is 32.2. The minimum atomic E-state index is -0.639. The van der Waals surface area contributed by atoms with Gasteiger partial charge in [-0.1, -0.05) is 0 Å². The number of aromatic nitrogens is 2. The minimum Gasteiger partial charge on any atom is -0.465 e. The quantitative estimate of drug-likeness (QED) is 0.615. The highest BCUT2D eigenvalue weighted by Crippen LogP contribution is 2.28. The van der Waals surface area contributed by atoms with Crippen LogP contribution in [0.4, 0.5) is 0 Å². The van der Waals surface area contributed by atoms with Crippen molar-refractivity contribution in [3.63, 3.8) is 0 Å². The molecule has 0 aliphatic heterocycles. The number of nitrogens with zero attached hydrogens (tertiary/aromatic N) is 2. The van der Waals surface area contributed by atoms with E-state index >= 15 is 0 Å². The van der Waals surface area contributed by atoms with Crippen LogP contribution in [0.3, 0.4) is 0 Å². The molecule has 1 aliphatic carbocycles. The number of rotatable bonds is 7. The molecule has 20 heavy (non-hydrogen) atoms. The Morgan fingerprint density at radius 2 is 2.35 bits per heavy atom. The number of thioether (sulfide) groups is 1. The zero-order valence-electron chi connectivity index (χ0n) is 12.6. The van der Waals surface area contributed by atoms with Gasteiger partial charge < -0.3 is 4.74 Å². The van der Waals surface area contributed by atoms with Crippen LogP contribution in [0, 0.1) is 6.92 Å². The minimum absolute atomic E-state index is 0.168. The van der Waals surface area contributed by atoms with Gasteiger partial charge in [0.2, 0.25) is 0 Å². The van der Waals surface area contributed by atoms with E-state index in [2.05, 4.69) is 10.4 Å². The Labute approximate surface area is 124 Å². The van der Waals surface area contributed by atoms with Crippen molar-refractivity contribution in [3.05, 3.63) is 11.8 Å². The van der Waals surface area contributed by atoms with Crippen LogP contribution in [-0.2, 0) is 16.6 Å². The van der Waals surface area contributed by atoms with Crippen molar-refractivity contribution in [2.45, 2.75) is 50.2 Å². The Morgan fingerprint density at radius 1 is 1.65 bits per heavy atom. The second-order valence-electron chi connectivity index (χ2n) is 5.51. The van der Waals surface area contributed by atoms with E-state index in [-0.39, 0.29) is 5.97 Å². The molecule has 0 radical (unpaired) electrons.